The van der Waals surface area contributed by atoms with Crippen LogP contribution in [0.2, 0.25) is 4.34 Å². The minimum Gasteiger partial charge on any atom is -0.342 e. The van der Waals surface area contributed by atoms with Gasteiger partial charge in [0.15, 0.2) is 0 Å². The van der Waals surface area contributed by atoms with Crippen molar-refractivity contribution in [3.8, 4) is 0 Å². The number of aromatic nitrogens is 1. The molecule has 1 aromatic carbocycles. The molecule has 0 bridgehead atoms. The number of halogens is 1. The third-order valence-electron chi connectivity index (χ3n) is 3.47. The van der Waals surface area contributed by atoms with Gasteiger partial charge in [-0.25, -0.2) is 0 Å². The smallest absolute Gasteiger partial charge is 0.0931 e. The quantitative estimate of drug-likeness (QED) is 0.749. The largest absolute Gasteiger partial charge is 0.342 e. The van der Waals surface area contributed by atoms with E-state index in [0.717, 1.165) is 23.8 Å². The second kappa shape index (κ2) is 6.00. The van der Waals surface area contributed by atoms with Gasteiger partial charge in [0.05, 0.1) is 10.9 Å². The van der Waals surface area contributed by atoms with E-state index in [2.05, 4.69) is 46.4 Å². The highest BCUT2D eigenvalue weighted by atomic mass is 35.5. The molecule has 20 heavy (non-hydrogen) atoms. The van der Waals surface area contributed by atoms with Crippen molar-refractivity contribution < 1.29 is 0 Å². The molecule has 2 heterocycles. The lowest BCUT2D eigenvalue weighted by Crippen LogP contribution is -2.10. The van der Waals surface area contributed by atoms with Crippen LogP contribution in [0.4, 0.5) is 0 Å². The van der Waals surface area contributed by atoms with Crippen molar-refractivity contribution in [3.05, 3.63) is 57.4 Å². The molecule has 3 aromatic rings. The maximum absolute atomic E-state index is 6.02. The number of nitrogens with zero attached hydrogens (tertiary/aromatic N) is 1. The molecule has 0 unspecified atom stereocenters. The molecule has 0 fully saturated rings. The molecule has 0 amide bonds. The van der Waals surface area contributed by atoms with E-state index in [9.17, 15) is 0 Å². The number of rotatable bonds is 5. The molecule has 2 aromatic heterocycles. The second-order valence-corrected chi connectivity index (χ2v) is 6.66. The molecule has 2 nitrogen and oxygen atoms in total. The van der Waals surface area contributed by atoms with Crippen LogP contribution in [0.15, 0.2) is 42.6 Å². The van der Waals surface area contributed by atoms with Crippen molar-refractivity contribution in [2.75, 3.05) is 13.6 Å². The Labute approximate surface area is 128 Å². The van der Waals surface area contributed by atoms with Crippen LogP contribution in [0, 0.1) is 0 Å². The Kier molecular flexibility index (Phi) is 4.10. The molecule has 0 aliphatic heterocycles. The first kappa shape index (κ1) is 13.7. The van der Waals surface area contributed by atoms with Crippen molar-refractivity contribution in [1.82, 2.24) is 9.88 Å². The highest BCUT2D eigenvalue weighted by Crippen LogP contribution is 2.26. The van der Waals surface area contributed by atoms with E-state index in [4.69, 9.17) is 11.6 Å². The minimum atomic E-state index is 0.854. The van der Waals surface area contributed by atoms with Gasteiger partial charge in [-0.1, -0.05) is 29.8 Å². The third kappa shape index (κ3) is 2.75. The van der Waals surface area contributed by atoms with E-state index in [1.807, 2.05) is 13.1 Å². The Morgan fingerprint density at radius 1 is 1.20 bits per heavy atom. The Hall–Kier alpha value is -1.29. The first-order chi connectivity index (χ1) is 9.78. The van der Waals surface area contributed by atoms with E-state index in [1.54, 1.807) is 11.3 Å². The monoisotopic (exact) mass is 304 g/mol. The van der Waals surface area contributed by atoms with Crippen LogP contribution in [0.5, 0.6) is 0 Å². The van der Waals surface area contributed by atoms with Crippen LogP contribution in [-0.4, -0.2) is 18.2 Å². The number of likely N-dealkylation sites (N-methyl/N-ethyl adjacent to an activating group) is 1. The van der Waals surface area contributed by atoms with Gasteiger partial charge in [0.2, 0.25) is 0 Å². The Bertz CT molecular complexity index is 714. The highest BCUT2D eigenvalue weighted by molar-refractivity contribution is 7.16. The molecule has 0 aliphatic rings. The van der Waals surface area contributed by atoms with E-state index in [-0.39, 0.29) is 0 Å². The molecule has 1 N–H and O–H groups in total. The molecule has 0 saturated heterocycles. The van der Waals surface area contributed by atoms with E-state index in [1.165, 1.54) is 21.3 Å². The SMILES string of the molecule is CNCCc1cn(Cc2ccc(Cl)s2)c2ccccc12. The summed E-state index contributed by atoms with van der Waals surface area (Å²) in [5.41, 5.74) is 2.70. The topological polar surface area (TPSA) is 17.0 Å². The van der Waals surface area contributed by atoms with Gasteiger partial charge in [0, 0.05) is 22.0 Å². The zero-order valence-corrected chi connectivity index (χ0v) is 13.0. The van der Waals surface area contributed by atoms with Crippen molar-refractivity contribution in [1.29, 1.82) is 0 Å². The van der Waals surface area contributed by atoms with E-state index >= 15 is 0 Å². The number of hydrogen-bond donors (Lipinski definition) is 1. The normalized spacial score (nSPS) is 11.3. The summed E-state index contributed by atoms with van der Waals surface area (Å²) in [4.78, 5) is 1.29. The Morgan fingerprint density at radius 2 is 2.05 bits per heavy atom. The lowest BCUT2D eigenvalue weighted by molar-refractivity contribution is 0.785. The summed E-state index contributed by atoms with van der Waals surface area (Å²) in [7, 11) is 1.99. The van der Waals surface area contributed by atoms with Gasteiger partial charge in [-0.15, -0.1) is 11.3 Å². The lowest BCUT2D eigenvalue weighted by Gasteiger charge is -2.02. The number of nitrogens with one attached hydrogen (secondary N) is 1. The predicted molar refractivity (Wildman–Crippen MR) is 88.0 cm³/mol. The van der Waals surface area contributed by atoms with E-state index < -0.39 is 0 Å². The summed E-state index contributed by atoms with van der Waals surface area (Å²) in [6.45, 7) is 1.89. The lowest BCUT2D eigenvalue weighted by atomic mass is 10.1. The molecule has 0 saturated carbocycles. The summed E-state index contributed by atoms with van der Waals surface area (Å²) in [5, 5.41) is 4.57. The zero-order chi connectivity index (χ0) is 13.9. The third-order valence-corrected chi connectivity index (χ3v) is 4.69. The molecule has 104 valence electrons. The molecule has 0 atom stereocenters. The fourth-order valence-corrected chi connectivity index (χ4v) is 3.60. The van der Waals surface area contributed by atoms with Crippen LogP contribution < -0.4 is 5.32 Å². The van der Waals surface area contributed by atoms with Gasteiger partial charge in [-0.3, -0.25) is 0 Å². The number of benzene rings is 1. The summed E-state index contributed by atoms with van der Waals surface area (Å²) in [6, 6.07) is 12.7. The van der Waals surface area contributed by atoms with Gasteiger partial charge in [0.1, 0.15) is 0 Å². The maximum atomic E-state index is 6.02. The summed E-state index contributed by atoms with van der Waals surface area (Å²) < 4.78 is 3.18. The molecular formula is C16H17ClN2S. The average molecular weight is 305 g/mol. The number of para-hydroxylation sites is 1. The zero-order valence-electron chi connectivity index (χ0n) is 11.4. The molecule has 0 aliphatic carbocycles. The Morgan fingerprint density at radius 3 is 2.80 bits per heavy atom. The van der Waals surface area contributed by atoms with Gasteiger partial charge in [-0.05, 0) is 43.8 Å². The Balaban J connectivity index is 1.97. The fourth-order valence-electron chi connectivity index (χ4n) is 2.52. The van der Waals surface area contributed by atoms with Crippen LogP contribution in [-0.2, 0) is 13.0 Å². The summed E-state index contributed by atoms with van der Waals surface area (Å²) >= 11 is 7.67. The van der Waals surface area contributed by atoms with Gasteiger partial charge in [0.25, 0.3) is 0 Å². The number of hydrogen-bond acceptors (Lipinski definition) is 2. The van der Waals surface area contributed by atoms with Crippen molar-refractivity contribution in [2.45, 2.75) is 13.0 Å². The summed E-state index contributed by atoms with van der Waals surface area (Å²) in [5.74, 6) is 0. The molecule has 4 heteroatoms. The van der Waals surface area contributed by atoms with Gasteiger partial charge in [-0.2, -0.15) is 0 Å². The van der Waals surface area contributed by atoms with Crippen molar-refractivity contribution in [2.24, 2.45) is 0 Å². The predicted octanol–water partition coefficient (Wildman–Crippen LogP) is 4.17. The van der Waals surface area contributed by atoms with Gasteiger partial charge < -0.3 is 9.88 Å². The minimum absolute atomic E-state index is 0.854. The number of fused-ring (bicyclic) bond motifs is 1. The van der Waals surface area contributed by atoms with Crippen LogP contribution in [0.25, 0.3) is 10.9 Å². The first-order valence-electron chi connectivity index (χ1n) is 6.73. The van der Waals surface area contributed by atoms with E-state index in [0.29, 0.717) is 0 Å². The van der Waals surface area contributed by atoms with Crippen LogP contribution in [0.1, 0.15) is 10.4 Å². The maximum Gasteiger partial charge on any atom is 0.0931 e. The fraction of sp³-hybridized carbons (Fsp3) is 0.250. The van der Waals surface area contributed by atoms with Gasteiger partial charge >= 0.3 is 0 Å². The van der Waals surface area contributed by atoms with Crippen molar-refractivity contribution >= 4 is 33.8 Å². The second-order valence-electron chi connectivity index (χ2n) is 4.86. The average Bonchev–Trinajstić information content (AvgIpc) is 3.02. The van der Waals surface area contributed by atoms with Crippen LogP contribution >= 0.6 is 22.9 Å². The number of thiophene rings is 1. The first-order valence-corrected chi connectivity index (χ1v) is 7.93. The molecule has 0 spiro atoms. The van der Waals surface area contributed by atoms with Crippen LogP contribution in [0.3, 0.4) is 0 Å². The molecule has 3 rings (SSSR count). The standard InChI is InChI=1S/C16H17ClN2S/c1-18-9-8-12-10-19(11-13-6-7-16(17)20-13)15-5-3-2-4-14(12)15/h2-7,10,18H,8-9,11H2,1H3. The molecular weight excluding hydrogens is 288 g/mol. The molecule has 0 radical (unpaired) electrons. The van der Waals surface area contributed by atoms with Crippen molar-refractivity contribution in [3.63, 3.8) is 0 Å². The summed E-state index contributed by atoms with van der Waals surface area (Å²) in [6.07, 6.45) is 3.32. The highest BCUT2D eigenvalue weighted by Gasteiger charge is 2.08.